The molecule has 0 radical (unpaired) electrons. The van der Waals surface area contributed by atoms with E-state index < -0.39 is 10.0 Å². The zero-order valence-corrected chi connectivity index (χ0v) is 12.7. The predicted molar refractivity (Wildman–Crippen MR) is 74.8 cm³/mol. The second-order valence-electron chi connectivity index (χ2n) is 4.17. The summed E-state index contributed by atoms with van der Waals surface area (Å²) in [5.41, 5.74) is 0. The van der Waals surface area contributed by atoms with Gasteiger partial charge in [0, 0.05) is 15.8 Å². The molecule has 1 fully saturated rings. The summed E-state index contributed by atoms with van der Waals surface area (Å²) >= 11 is 5.03. The smallest absolute Gasteiger partial charge is 0.210 e. The zero-order chi connectivity index (χ0) is 12.5. The van der Waals surface area contributed by atoms with Gasteiger partial charge in [-0.2, -0.15) is 11.8 Å². The Hall–Kier alpha value is -0.0400. The van der Waals surface area contributed by atoms with Crippen LogP contribution in [-0.4, -0.2) is 26.0 Å². The van der Waals surface area contributed by atoms with Crippen molar-refractivity contribution in [3.8, 4) is 0 Å². The Balaban J connectivity index is 2.06. The molecule has 0 aromatic heterocycles. The Bertz CT molecular complexity index is 495. The Morgan fingerprint density at radius 2 is 1.94 bits per heavy atom. The van der Waals surface area contributed by atoms with Crippen molar-refractivity contribution in [1.29, 1.82) is 0 Å². The van der Waals surface area contributed by atoms with Crippen molar-refractivity contribution in [2.24, 2.45) is 0 Å². The number of hydrogen-bond acceptors (Lipinski definition) is 3. The molecule has 0 amide bonds. The Morgan fingerprint density at radius 1 is 1.35 bits per heavy atom. The second kappa shape index (κ2) is 4.91. The third kappa shape index (κ3) is 3.24. The monoisotopic (exact) mass is 335 g/mol. The fourth-order valence-electron chi connectivity index (χ4n) is 1.52. The van der Waals surface area contributed by atoms with Gasteiger partial charge >= 0.3 is 0 Å². The number of halogens is 1. The van der Waals surface area contributed by atoms with Crippen molar-refractivity contribution >= 4 is 37.7 Å². The Kier molecular flexibility index (Phi) is 3.87. The number of rotatable bonds is 5. The van der Waals surface area contributed by atoms with Crippen LogP contribution in [0.2, 0.25) is 0 Å². The molecule has 0 unspecified atom stereocenters. The lowest BCUT2D eigenvalue weighted by Crippen LogP contribution is -2.31. The van der Waals surface area contributed by atoms with Gasteiger partial charge in [-0.25, -0.2) is 13.1 Å². The SMILES string of the molecule is CSC1(CNS(=O)(=O)c2ccc(Br)cc2)CC1. The van der Waals surface area contributed by atoms with E-state index in [1.807, 2.05) is 6.26 Å². The molecule has 0 bridgehead atoms. The maximum absolute atomic E-state index is 12.0. The Morgan fingerprint density at radius 3 is 2.41 bits per heavy atom. The van der Waals surface area contributed by atoms with Gasteiger partial charge in [0.25, 0.3) is 0 Å². The van der Waals surface area contributed by atoms with Crippen LogP contribution in [0.4, 0.5) is 0 Å². The standard InChI is InChI=1S/C11H14BrNO2S2/c1-16-11(6-7-11)8-13-17(14,15)10-4-2-9(12)3-5-10/h2-5,13H,6-8H2,1H3. The number of benzene rings is 1. The Labute approximate surface area is 115 Å². The summed E-state index contributed by atoms with van der Waals surface area (Å²) < 4.78 is 27.7. The van der Waals surface area contributed by atoms with E-state index in [-0.39, 0.29) is 4.75 Å². The van der Waals surface area contributed by atoms with E-state index in [4.69, 9.17) is 0 Å². The zero-order valence-electron chi connectivity index (χ0n) is 9.44. The van der Waals surface area contributed by atoms with Crippen LogP contribution in [0.15, 0.2) is 33.6 Å². The van der Waals surface area contributed by atoms with Gasteiger partial charge in [0.15, 0.2) is 0 Å². The van der Waals surface area contributed by atoms with Crippen LogP contribution in [0, 0.1) is 0 Å². The number of thioether (sulfide) groups is 1. The van der Waals surface area contributed by atoms with Gasteiger partial charge in [0.05, 0.1) is 4.90 Å². The lowest BCUT2D eigenvalue weighted by atomic mass is 10.4. The van der Waals surface area contributed by atoms with E-state index in [0.717, 1.165) is 17.3 Å². The van der Waals surface area contributed by atoms with Crippen LogP contribution in [0.5, 0.6) is 0 Å². The maximum Gasteiger partial charge on any atom is 0.240 e. The largest absolute Gasteiger partial charge is 0.240 e. The second-order valence-corrected chi connectivity index (χ2v) is 8.12. The lowest BCUT2D eigenvalue weighted by molar-refractivity contribution is 0.580. The molecule has 0 spiro atoms. The molecule has 94 valence electrons. The molecule has 1 aliphatic rings. The van der Waals surface area contributed by atoms with Gasteiger partial charge in [-0.15, -0.1) is 0 Å². The van der Waals surface area contributed by atoms with Gasteiger partial charge in [-0.05, 0) is 43.4 Å². The molecule has 1 N–H and O–H groups in total. The van der Waals surface area contributed by atoms with Crippen molar-refractivity contribution < 1.29 is 8.42 Å². The average molecular weight is 336 g/mol. The van der Waals surface area contributed by atoms with Crippen LogP contribution in [0.3, 0.4) is 0 Å². The first kappa shape index (κ1) is 13.4. The van der Waals surface area contributed by atoms with Crippen molar-refractivity contribution in [3.63, 3.8) is 0 Å². The highest BCUT2D eigenvalue weighted by atomic mass is 79.9. The molecule has 0 aliphatic heterocycles. The predicted octanol–water partition coefficient (Wildman–Crippen LogP) is 2.62. The van der Waals surface area contributed by atoms with Gasteiger partial charge in [-0.3, -0.25) is 0 Å². The molecule has 1 saturated carbocycles. The topological polar surface area (TPSA) is 46.2 Å². The van der Waals surface area contributed by atoms with Crippen LogP contribution in [0.1, 0.15) is 12.8 Å². The minimum Gasteiger partial charge on any atom is -0.210 e. The summed E-state index contributed by atoms with van der Waals surface area (Å²) in [5.74, 6) is 0. The fraction of sp³-hybridized carbons (Fsp3) is 0.455. The average Bonchev–Trinajstić information content (AvgIpc) is 3.08. The summed E-state index contributed by atoms with van der Waals surface area (Å²) in [6, 6.07) is 6.67. The molecule has 17 heavy (non-hydrogen) atoms. The molecule has 0 saturated heterocycles. The summed E-state index contributed by atoms with van der Waals surface area (Å²) in [5, 5.41) is 0. The molecule has 1 aromatic rings. The first-order chi connectivity index (χ1) is 7.97. The van der Waals surface area contributed by atoms with Crippen molar-refractivity contribution in [3.05, 3.63) is 28.7 Å². The summed E-state index contributed by atoms with van der Waals surface area (Å²) in [7, 11) is -3.36. The first-order valence-corrected chi connectivity index (χ1v) is 8.78. The lowest BCUT2D eigenvalue weighted by Gasteiger charge is -2.13. The van der Waals surface area contributed by atoms with E-state index in [1.54, 1.807) is 36.0 Å². The molecular formula is C11H14BrNO2S2. The van der Waals surface area contributed by atoms with Gasteiger partial charge in [-0.1, -0.05) is 15.9 Å². The molecule has 6 heteroatoms. The molecular weight excluding hydrogens is 322 g/mol. The molecule has 0 atom stereocenters. The van der Waals surface area contributed by atoms with E-state index in [0.29, 0.717) is 11.4 Å². The van der Waals surface area contributed by atoms with Crippen LogP contribution in [-0.2, 0) is 10.0 Å². The third-order valence-electron chi connectivity index (χ3n) is 2.95. The van der Waals surface area contributed by atoms with E-state index in [9.17, 15) is 8.42 Å². The molecule has 1 aromatic carbocycles. The molecule has 3 nitrogen and oxygen atoms in total. The minimum absolute atomic E-state index is 0.141. The van der Waals surface area contributed by atoms with Gasteiger partial charge in [0.1, 0.15) is 0 Å². The highest BCUT2D eigenvalue weighted by Gasteiger charge is 2.42. The van der Waals surface area contributed by atoms with Gasteiger partial charge in [0.2, 0.25) is 10.0 Å². The van der Waals surface area contributed by atoms with Crippen LogP contribution < -0.4 is 4.72 Å². The third-order valence-corrected chi connectivity index (χ3v) is 6.31. The minimum atomic E-state index is -3.36. The number of hydrogen-bond donors (Lipinski definition) is 1. The van der Waals surface area contributed by atoms with Crippen molar-refractivity contribution in [2.45, 2.75) is 22.5 Å². The van der Waals surface area contributed by atoms with Crippen LogP contribution >= 0.6 is 27.7 Å². The van der Waals surface area contributed by atoms with E-state index in [1.165, 1.54) is 0 Å². The van der Waals surface area contributed by atoms with Crippen molar-refractivity contribution in [2.75, 3.05) is 12.8 Å². The van der Waals surface area contributed by atoms with Crippen molar-refractivity contribution in [1.82, 2.24) is 4.72 Å². The number of nitrogens with one attached hydrogen (secondary N) is 1. The molecule has 1 aliphatic carbocycles. The summed E-state index contributed by atoms with van der Waals surface area (Å²) in [6.07, 6.45) is 4.22. The van der Waals surface area contributed by atoms with Crippen LogP contribution in [0.25, 0.3) is 0 Å². The van der Waals surface area contributed by atoms with Gasteiger partial charge < -0.3 is 0 Å². The first-order valence-electron chi connectivity index (χ1n) is 5.28. The molecule has 2 rings (SSSR count). The number of sulfonamides is 1. The molecule has 0 heterocycles. The highest BCUT2D eigenvalue weighted by Crippen LogP contribution is 2.46. The quantitative estimate of drug-likeness (QED) is 0.899. The van der Waals surface area contributed by atoms with E-state index >= 15 is 0 Å². The normalized spacial score (nSPS) is 18.0. The summed E-state index contributed by atoms with van der Waals surface area (Å²) in [6.45, 7) is 0.520. The maximum atomic E-state index is 12.0. The highest BCUT2D eigenvalue weighted by molar-refractivity contribution is 9.10. The summed E-state index contributed by atoms with van der Waals surface area (Å²) in [4.78, 5) is 0.317. The fourth-order valence-corrected chi connectivity index (χ4v) is 3.73. The van der Waals surface area contributed by atoms with E-state index in [2.05, 4.69) is 20.7 Å².